The topological polar surface area (TPSA) is 43.8 Å². The van der Waals surface area contributed by atoms with Crippen LogP contribution in [0.25, 0.3) is 5.69 Å². The number of anilines is 1. The van der Waals surface area contributed by atoms with E-state index in [1.165, 1.54) is 6.07 Å². The maximum atomic E-state index is 13.0. The molecule has 2 aromatic rings. The highest BCUT2D eigenvalue weighted by Gasteiger charge is 2.01. The zero-order valence-electron chi connectivity index (χ0n) is 7.74. The normalized spacial score (nSPS) is 10.4. The van der Waals surface area contributed by atoms with Crippen LogP contribution in [-0.4, -0.2) is 9.78 Å². The van der Waals surface area contributed by atoms with E-state index in [1.54, 1.807) is 36.0 Å². The fraction of sp³-hybridized carbons (Fsp3) is 0.100. The Balaban J connectivity index is 2.47. The number of nitrogens with two attached hydrogens (primary N) is 1. The van der Waals surface area contributed by atoms with Gasteiger partial charge < -0.3 is 5.73 Å². The predicted molar refractivity (Wildman–Crippen MR) is 52.7 cm³/mol. The molecule has 0 saturated heterocycles. The molecular formula is C10H10FN3. The number of aryl methyl sites for hydroxylation is 1. The molecule has 3 nitrogen and oxygen atoms in total. The van der Waals surface area contributed by atoms with Crippen LogP contribution >= 0.6 is 0 Å². The van der Waals surface area contributed by atoms with Crippen LogP contribution in [0.3, 0.4) is 0 Å². The monoisotopic (exact) mass is 191 g/mol. The van der Waals surface area contributed by atoms with E-state index in [0.29, 0.717) is 11.4 Å². The van der Waals surface area contributed by atoms with E-state index in [0.717, 1.165) is 5.69 Å². The number of halogens is 1. The molecule has 0 amide bonds. The molecular weight excluding hydrogens is 181 g/mol. The van der Waals surface area contributed by atoms with Crippen LogP contribution in [0, 0.1) is 12.7 Å². The number of rotatable bonds is 1. The summed E-state index contributed by atoms with van der Waals surface area (Å²) in [5, 5.41) is 4.02. The van der Waals surface area contributed by atoms with Crippen molar-refractivity contribution in [2.45, 2.75) is 6.92 Å². The Kier molecular flexibility index (Phi) is 1.96. The summed E-state index contributed by atoms with van der Waals surface area (Å²) in [5.41, 5.74) is 6.88. The van der Waals surface area contributed by atoms with Gasteiger partial charge in [-0.1, -0.05) is 0 Å². The number of hydrogen-bond acceptors (Lipinski definition) is 2. The van der Waals surface area contributed by atoms with E-state index < -0.39 is 0 Å². The van der Waals surface area contributed by atoms with Crippen molar-refractivity contribution >= 4 is 5.82 Å². The van der Waals surface area contributed by atoms with Gasteiger partial charge in [-0.05, 0) is 30.7 Å². The molecule has 0 bridgehead atoms. The van der Waals surface area contributed by atoms with Gasteiger partial charge in [-0.2, -0.15) is 5.10 Å². The van der Waals surface area contributed by atoms with E-state index in [-0.39, 0.29) is 5.82 Å². The molecule has 4 heteroatoms. The molecule has 2 N–H and O–H groups in total. The Labute approximate surface area is 81.0 Å². The summed E-state index contributed by atoms with van der Waals surface area (Å²) in [4.78, 5) is 0. The fourth-order valence-electron chi connectivity index (χ4n) is 1.25. The lowest BCUT2D eigenvalue weighted by Gasteiger charge is -2.02. The van der Waals surface area contributed by atoms with E-state index in [4.69, 9.17) is 5.73 Å². The maximum absolute atomic E-state index is 13.0. The van der Waals surface area contributed by atoms with Crippen LogP contribution < -0.4 is 5.73 Å². The van der Waals surface area contributed by atoms with E-state index in [9.17, 15) is 4.39 Å². The summed E-state index contributed by atoms with van der Waals surface area (Å²) < 4.78 is 14.6. The summed E-state index contributed by atoms with van der Waals surface area (Å²) in [5.74, 6) is 0.237. The van der Waals surface area contributed by atoms with Gasteiger partial charge >= 0.3 is 0 Å². The quantitative estimate of drug-likeness (QED) is 0.748. The largest absolute Gasteiger partial charge is 0.382 e. The number of nitrogens with zero attached hydrogens (tertiary/aromatic N) is 2. The molecule has 0 aliphatic carbocycles. The van der Waals surface area contributed by atoms with Crippen LogP contribution in [0.2, 0.25) is 0 Å². The lowest BCUT2D eigenvalue weighted by atomic mass is 10.2. The first-order valence-corrected chi connectivity index (χ1v) is 4.24. The van der Waals surface area contributed by atoms with Gasteiger partial charge in [0.2, 0.25) is 0 Å². The molecule has 0 aliphatic heterocycles. The molecule has 72 valence electrons. The smallest absolute Gasteiger partial charge is 0.145 e. The van der Waals surface area contributed by atoms with Crippen molar-refractivity contribution in [3.05, 3.63) is 41.8 Å². The van der Waals surface area contributed by atoms with Crippen molar-refractivity contribution in [2.24, 2.45) is 0 Å². The van der Waals surface area contributed by atoms with E-state index in [2.05, 4.69) is 5.10 Å². The predicted octanol–water partition coefficient (Wildman–Crippen LogP) is 1.90. The molecule has 1 aromatic heterocycles. The minimum atomic E-state index is -0.214. The van der Waals surface area contributed by atoms with Crippen molar-refractivity contribution < 1.29 is 4.39 Å². The van der Waals surface area contributed by atoms with Crippen molar-refractivity contribution in [3.8, 4) is 5.69 Å². The first kappa shape index (κ1) is 8.74. The molecule has 0 saturated carbocycles. The van der Waals surface area contributed by atoms with Gasteiger partial charge in [0.25, 0.3) is 0 Å². The van der Waals surface area contributed by atoms with Gasteiger partial charge in [0.1, 0.15) is 11.6 Å². The van der Waals surface area contributed by atoms with Gasteiger partial charge in [0.05, 0.1) is 5.69 Å². The third-order valence-electron chi connectivity index (χ3n) is 2.02. The molecule has 0 atom stereocenters. The summed E-state index contributed by atoms with van der Waals surface area (Å²) in [7, 11) is 0. The van der Waals surface area contributed by atoms with Gasteiger partial charge in [0, 0.05) is 12.3 Å². The lowest BCUT2D eigenvalue weighted by Crippen LogP contribution is -1.97. The number of hydrogen-bond donors (Lipinski definition) is 1. The Morgan fingerprint density at radius 3 is 2.71 bits per heavy atom. The number of aromatic nitrogens is 2. The molecule has 0 unspecified atom stereocenters. The molecule has 1 aromatic carbocycles. The van der Waals surface area contributed by atoms with E-state index in [1.807, 2.05) is 0 Å². The Bertz CT molecular complexity index is 462. The Morgan fingerprint density at radius 1 is 1.36 bits per heavy atom. The lowest BCUT2D eigenvalue weighted by molar-refractivity contribution is 0.617. The van der Waals surface area contributed by atoms with Gasteiger partial charge in [-0.3, -0.25) is 0 Å². The third kappa shape index (κ3) is 1.46. The van der Waals surface area contributed by atoms with Crippen LogP contribution in [0.15, 0.2) is 30.5 Å². The summed E-state index contributed by atoms with van der Waals surface area (Å²) >= 11 is 0. The number of benzene rings is 1. The molecule has 1 heterocycles. The highest BCUT2D eigenvalue weighted by Crippen LogP contribution is 2.13. The molecule has 2 rings (SSSR count). The minimum absolute atomic E-state index is 0.214. The van der Waals surface area contributed by atoms with Crippen LogP contribution in [0.1, 0.15) is 5.56 Å². The fourth-order valence-corrected chi connectivity index (χ4v) is 1.25. The summed E-state index contributed by atoms with van der Waals surface area (Å²) in [6.07, 6.45) is 1.74. The molecule has 0 aliphatic rings. The standard InChI is InChI=1S/C10H10FN3/c1-7-6-8(2-3-9(7)11)14-5-4-10(12)13-14/h2-6H,1H3,(H2,12,13). The molecule has 14 heavy (non-hydrogen) atoms. The van der Waals surface area contributed by atoms with Crippen molar-refractivity contribution in [3.63, 3.8) is 0 Å². The zero-order chi connectivity index (χ0) is 10.1. The van der Waals surface area contributed by atoms with Gasteiger partial charge in [-0.25, -0.2) is 9.07 Å². The highest BCUT2D eigenvalue weighted by atomic mass is 19.1. The van der Waals surface area contributed by atoms with Crippen LogP contribution in [0.4, 0.5) is 10.2 Å². The minimum Gasteiger partial charge on any atom is -0.382 e. The second kappa shape index (κ2) is 3.14. The molecule has 0 fully saturated rings. The van der Waals surface area contributed by atoms with Crippen molar-refractivity contribution in [2.75, 3.05) is 5.73 Å². The van der Waals surface area contributed by atoms with Gasteiger partial charge in [0.15, 0.2) is 0 Å². The van der Waals surface area contributed by atoms with Crippen molar-refractivity contribution in [1.82, 2.24) is 9.78 Å². The molecule has 0 spiro atoms. The molecule has 0 radical (unpaired) electrons. The first-order valence-electron chi connectivity index (χ1n) is 4.24. The second-order valence-corrected chi connectivity index (χ2v) is 3.12. The average Bonchev–Trinajstić information content (AvgIpc) is 2.57. The number of nitrogen functional groups attached to an aromatic ring is 1. The third-order valence-corrected chi connectivity index (χ3v) is 2.02. The van der Waals surface area contributed by atoms with Crippen molar-refractivity contribution in [1.29, 1.82) is 0 Å². The average molecular weight is 191 g/mol. The van der Waals surface area contributed by atoms with Gasteiger partial charge in [-0.15, -0.1) is 0 Å². The Hall–Kier alpha value is -1.84. The summed E-state index contributed by atoms with van der Waals surface area (Å²) in [6.45, 7) is 1.71. The first-order chi connectivity index (χ1) is 6.66. The van der Waals surface area contributed by atoms with Crippen LogP contribution in [-0.2, 0) is 0 Å². The van der Waals surface area contributed by atoms with E-state index >= 15 is 0 Å². The SMILES string of the molecule is Cc1cc(-n2ccc(N)n2)ccc1F. The highest BCUT2D eigenvalue weighted by molar-refractivity contribution is 5.37. The zero-order valence-corrected chi connectivity index (χ0v) is 7.74. The maximum Gasteiger partial charge on any atom is 0.145 e. The Morgan fingerprint density at radius 2 is 2.14 bits per heavy atom. The van der Waals surface area contributed by atoms with Crippen LogP contribution in [0.5, 0.6) is 0 Å². The second-order valence-electron chi connectivity index (χ2n) is 3.12. The summed E-state index contributed by atoms with van der Waals surface area (Å²) in [6, 6.07) is 6.50.